The molecule has 1 aliphatic heterocycles. The van der Waals surface area contributed by atoms with Crippen molar-refractivity contribution >= 4 is 11.8 Å². The summed E-state index contributed by atoms with van der Waals surface area (Å²) < 4.78 is 5.71. The Morgan fingerprint density at radius 2 is 2.03 bits per heavy atom. The largest absolute Gasteiger partial charge is 0.356 e. The summed E-state index contributed by atoms with van der Waals surface area (Å²) in [5.41, 5.74) is 2.62. The van der Waals surface area contributed by atoms with Crippen LogP contribution in [0.25, 0.3) is 0 Å². The molecule has 0 unspecified atom stereocenters. The number of aromatic nitrogens is 3. The van der Waals surface area contributed by atoms with E-state index in [1.165, 1.54) is 0 Å². The van der Waals surface area contributed by atoms with Crippen LogP contribution in [0.2, 0.25) is 0 Å². The van der Waals surface area contributed by atoms with E-state index in [0.717, 1.165) is 29.8 Å². The summed E-state index contributed by atoms with van der Waals surface area (Å²) in [5.74, 6) is 0.390. The molecule has 0 spiro atoms. The van der Waals surface area contributed by atoms with E-state index in [1.807, 2.05) is 36.9 Å². The van der Waals surface area contributed by atoms with Crippen LogP contribution in [0.15, 0.2) is 30.6 Å². The van der Waals surface area contributed by atoms with Gasteiger partial charge in [-0.1, -0.05) is 6.07 Å². The van der Waals surface area contributed by atoms with Crippen molar-refractivity contribution < 1.29 is 14.3 Å². The first kappa shape index (κ1) is 19.4. The lowest BCUT2D eigenvalue weighted by Crippen LogP contribution is -2.55. The van der Waals surface area contributed by atoms with Gasteiger partial charge >= 0.3 is 0 Å². The maximum atomic E-state index is 13.0. The van der Waals surface area contributed by atoms with E-state index in [9.17, 15) is 9.59 Å². The van der Waals surface area contributed by atoms with Crippen LogP contribution in [-0.2, 0) is 20.7 Å². The molecular weight excluding hydrogens is 370 g/mol. The molecular formula is C21H25N5O3. The second kappa shape index (κ2) is 8.24. The summed E-state index contributed by atoms with van der Waals surface area (Å²) in [6.07, 6.45) is 5.06. The number of nitrogens with zero attached hydrogens (tertiary/aromatic N) is 4. The average Bonchev–Trinajstić information content (AvgIpc) is 3.52. The van der Waals surface area contributed by atoms with E-state index in [-0.39, 0.29) is 24.5 Å². The first-order chi connectivity index (χ1) is 14.0. The number of pyridine rings is 1. The minimum Gasteiger partial charge on any atom is -0.356 e. The number of carbonyl (C=O) groups excluding carboxylic acids is 2. The number of rotatable bonds is 6. The van der Waals surface area contributed by atoms with E-state index in [4.69, 9.17) is 4.74 Å². The van der Waals surface area contributed by atoms with Crippen molar-refractivity contribution in [1.82, 2.24) is 25.2 Å². The molecule has 1 aliphatic carbocycles. The highest BCUT2D eigenvalue weighted by Crippen LogP contribution is 2.39. The van der Waals surface area contributed by atoms with Crippen LogP contribution in [0, 0.1) is 13.8 Å². The van der Waals surface area contributed by atoms with Gasteiger partial charge in [-0.25, -0.2) is 9.97 Å². The Kier molecular flexibility index (Phi) is 5.53. The average molecular weight is 395 g/mol. The zero-order valence-electron chi connectivity index (χ0n) is 16.7. The summed E-state index contributed by atoms with van der Waals surface area (Å²) >= 11 is 0. The number of ether oxygens (including phenoxy) is 1. The summed E-state index contributed by atoms with van der Waals surface area (Å²) in [6.45, 7) is 4.17. The summed E-state index contributed by atoms with van der Waals surface area (Å²) in [5, 5.41) is 2.93. The number of amides is 2. The third kappa shape index (κ3) is 4.42. The molecule has 8 nitrogen and oxygen atoms in total. The predicted molar refractivity (Wildman–Crippen MR) is 105 cm³/mol. The van der Waals surface area contributed by atoms with Gasteiger partial charge in [0.1, 0.15) is 12.4 Å². The van der Waals surface area contributed by atoms with Gasteiger partial charge in [-0.2, -0.15) is 0 Å². The number of aryl methyl sites for hydroxylation is 2. The highest BCUT2D eigenvalue weighted by molar-refractivity contribution is 5.86. The molecule has 29 heavy (non-hydrogen) atoms. The van der Waals surface area contributed by atoms with E-state index in [2.05, 4.69) is 20.3 Å². The second-order valence-electron chi connectivity index (χ2n) is 7.60. The molecule has 2 fully saturated rings. The van der Waals surface area contributed by atoms with Crippen molar-refractivity contribution in [1.29, 1.82) is 0 Å². The van der Waals surface area contributed by atoms with E-state index in [0.29, 0.717) is 18.8 Å². The topological polar surface area (TPSA) is 97.3 Å². The molecule has 2 aliphatic rings. The molecule has 0 radical (unpaired) electrons. The monoisotopic (exact) mass is 395 g/mol. The standard InChI is InChI=1S/C21H25N5O3/c1-13-10-14(2)25-17(24-13)7-9-23-21(28)20-19(15-4-3-8-22-11-15)26(16-5-6-16)18(27)12-29-20/h3-4,8,10-11,16,19-20H,5-7,9,12H2,1-2H3,(H,23,28)/t19-,20+/m1/s1. The number of carbonyl (C=O) groups is 2. The maximum Gasteiger partial charge on any atom is 0.251 e. The van der Waals surface area contributed by atoms with Gasteiger partial charge in [-0.05, 0) is 44.4 Å². The lowest BCUT2D eigenvalue weighted by Gasteiger charge is -2.40. The highest BCUT2D eigenvalue weighted by Gasteiger charge is 2.47. The zero-order valence-corrected chi connectivity index (χ0v) is 16.7. The van der Waals surface area contributed by atoms with Crippen molar-refractivity contribution in [2.24, 2.45) is 0 Å². The molecule has 8 heteroatoms. The van der Waals surface area contributed by atoms with Crippen LogP contribution in [0.4, 0.5) is 0 Å². The van der Waals surface area contributed by atoms with Gasteiger partial charge in [0.25, 0.3) is 5.91 Å². The molecule has 1 N–H and O–H groups in total. The minimum absolute atomic E-state index is 0.0750. The van der Waals surface area contributed by atoms with Gasteiger partial charge in [-0.15, -0.1) is 0 Å². The number of hydrogen-bond donors (Lipinski definition) is 1. The molecule has 3 heterocycles. The van der Waals surface area contributed by atoms with Gasteiger partial charge < -0.3 is 15.0 Å². The Labute approximate surface area is 169 Å². The Morgan fingerprint density at radius 1 is 1.28 bits per heavy atom. The van der Waals surface area contributed by atoms with Gasteiger partial charge in [-0.3, -0.25) is 14.6 Å². The summed E-state index contributed by atoms with van der Waals surface area (Å²) in [7, 11) is 0. The third-order valence-corrected chi connectivity index (χ3v) is 5.16. The number of hydrogen-bond acceptors (Lipinski definition) is 6. The Balaban J connectivity index is 1.47. The highest BCUT2D eigenvalue weighted by atomic mass is 16.5. The molecule has 0 aromatic carbocycles. The number of morpholine rings is 1. The molecule has 152 valence electrons. The van der Waals surface area contributed by atoms with Crippen LogP contribution < -0.4 is 5.32 Å². The quantitative estimate of drug-likeness (QED) is 0.791. The van der Waals surface area contributed by atoms with E-state index < -0.39 is 12.1 Å². The third-order valence-electron chi connectivity index (χ3n) is 5.16. The van der Waals surface area contributed by atoms with Gasteiger partial charge in [0.2, 0.25) is 5.91 Å². The van der Waals surface area contributed by atoms with Crippen molar-refractivity contribution in [2.45, 2.75) is 51.3 Å². The molecule has 2 amide bonds. The van der Waals surface area contributed by atoms with Crippen molar-refractivity contribution in [3.8, 4) is 0 Å². The molecule has 1 saturated carbocycles. The Bertz CT molecular complexity index is 880. The van der Waals surface area contributed by atoms with Crippen molar-refractivity contribution in [3.63, 3.8) is 0 Å². The Morgan fingerprint density at radius 3 is 2.69 bits per heavy atom. The fourth-order valence-corrected chi connectivity index (χ4v) is 3.83. The molecule has 4 rings (SSSR count). The SMILES string of the molecule is Cc1cc(C)nc(CCNC(=O)[C@H]2OCC(=O)N(C3CC3)[C@@H]2c2cccnc2)n1. The first-order valence-corrected chi connectivity index (χ1v) is 9.94. The van der Waals surface area contributed by atoms with Gasteiger partial charge in [0.05, 0.1) is 6.04 Å². The van der Waals surface area contributed by atoms with Crippen LogP contribution in [0.5, 0.6) is 0 Å². The lowest BCUT2D eigenvalue weighted by atomic mass is 9.98. The fraction of sp³-hybridized carbons (Fsp3) is 0.476. The van der Waals surface area contributed by atoms with Crippen LogP contribution in [0.1, 0.15) is 41.7 Å². The summed E-state index contributed by atoms with van der Waals surface area (Å²) in [6, 6.07) is 5.33. The van der Waals surface area contributed by atoms with Crippen molar-refractivity contribution in [2.75, 3.05) is 13.2 Å². The Hall–Kier alpha value is -2.87. The molecule has 2 atom stereocenters. The fourth-order valence-electron chi connectivity index (χ4n) is 3.83. The van der Waals surface area contributed by atoms with Crippen LogP contribution >= 0.6 is 0 Å². The smallest absolute Gasteiger partial charge is 0.251 e. The second-order valence-corrected chi connectivity index (χ2v) is 7.60. The van der Waals surface area contributed by atoms with Gasteiger partial charge in [0.15, 0.2) is 6.10 Å². The van der Waals surface area contributed by atoms with E-state index >= 15 is 0 Å². The van der Waals surface area contributed by atoms with Crippen LogP contribution in [0.3, 0.4) is 0 Å². The summed E-state index contributed by atoms with van der Waals surface area (Å²) in [4.78, 5) is 40.3. The van der Waals surface area contributed by atoms with Crippen molar-refractivity contribution in [3.05, 3.63) is 53.4 Å². The van der Waals surface area contributed by atoms with E-state index in [1.54, 1.807) is 12.4 Å². The number of nitrogens with one attached hydrogen (secondary N) is 1. The maximum absolute atomic E-state index is 13.0. The molecule has 1 saturated heterocycles. The zero-order chi connectivity index (χ0) is 20.4. The lowest BCUT2D eigenvalue weighted by molar-refractivity contribution is -0.165. The molecule has 2 aromatic heterocycles. The molecule has 0 bridgehead atoms. The normalized spacial score (nSPS) is 21.9. The minimum atomic E-state index is -0.766. The first-order valence-electron chi connectivity index (χ1n) is 9.94. The van der Waals surface area contributed by atoms with Gasteiger partial charge in [0, 0.05) is 42.8 Å². The molecule has 2 aromatic rings. The predicted octanol–water partition coefficient (Wildman–Crippen LogP) is 1.28. The van der Waals surface area contributed by atoms with Crippen LogP contribution in [-0.4, -0.2) is 57.0 Å².